The quantitative estimate of drug-likeness (QED) is 0.690. The van der Waals surface area contributed by atoms with E-state index in [4.69, 9.17) is 4.98 Å². The maximum atomic E-state index is 12.6. The lowest BCUT2D eigenvalue weighted by atomic mass is 10.2. The summed E-state index contributed by atoms with van der Waals surface area (Å²) in [5.74, 6) is 0.120. The van der Waals surface area contributed by atoms with E-state index >= 15 is 0 Å². The van der Waals surface area contributed by atoms with Crippen LogP contribution in [-0.2, 0) is 11.2 Å². The Kier molecular flexibility index (Phi) is 5.33. The second-order valence-electron chi connectivity index (χ2n) is 6.71. The first-order valence-electron chi connectivity index (χ1n) is 9.13. The van der Waals surface area contributed by atoms with Gasteiger partial charge in [-0.1, -0.05) is 18.2 Å². The molecule has 1 aliphatic rings. The highest BCUT2D eigenvalue weighted by Crippen LogP contribution is 2.37. The predicted molar refractivity (Wildman–Crippen MR) is 109 cm³/mol. The monoisotopic (exact) mass is 385 g/mol. The molecular formula is C20H23N3OS2. The Morgan fingerprint density at radius 2 is 2.23 bits per heavy atom. The first-order chi connectivity index (χ1) is 12.7. The number of carbonyl (C=O) groups is 1. The zero-order valence-corrected chi connectivity index (χ0v) is 16.5. The minimum absolute atomic E-state index is 0.120. The van der Waals surface area contributed by atoms with Crippen molar-refractivity contribution >= 4 is 38.8 Å². The van der Waals surface area contributed by atoms with Crippen LogP contribution in [0.1, 0.15) is 35.7 Å². The lowest BCUT2D eigenvalue weighted by Crippen LogP contribution is -2.45. The number of hydrogen-bond donors (Lipinski definition) is 1. The molecule has 1 N–H and O–H groups in total. The van der Waals surface area contributed by atoms with E-state index < -0.39 is 0 Å². The second-order valence-corrected chi connectivity index (χ2v) is 8.81. The Bertz CT molecular complexity index is 841. The number of rotatable bonds is 6. The largest absolute Gasteiger partial charge is 0.354 e. The molecule has 1 aliphatic heterocycles. The molecule has 0 bridgehead atoms. The van der Waals surface area contributed by atoms with E-state index in [1.807, 2.05) is 13.0 Å². The summed E-state index contributed by atoms with van der Waals surface area (Å²) >= 11 is 3.50. The van der Waals surface area contributed by atoms with Crippen molar-refractivity contribution in [2.75, 3.05) is 13.1 Å². The summed E-state index contributed by atoms with van der Waals surface area (Å²) in [6.45, 7) is 3.68. The summed E-state index contributed by atoms with van der Waals surface area (Å²) in [4.78, 5) is 21.1. The van der Waals surface area contributed by atoms with E-state index in [9.17, 15) is 4.79 Å². The molecule has 4 nitrogen and oxygen atoms in total. The number of likely N-dealkylation sites (tertiary alicyclic amines) is 1. The molecule has 1 saturated heterocycles. The lowest BCUT2D eigenvalue weighted by Gasteiger charge is -2.28. The molecule has 1 fully saturated rings. The van der Waals surface area contributed by atoms with Gasteiger partial charge in [-0.25, -0.2) is 4.98 Å². The van der Waals surface area contributed by atoms with Gasteiger partial charge in [-0.05, 0) is 56.3 Å². The van der Waals surface area contributed by atoms with Gasteiger partial charge in [0, 0.05) is 11.4 Å². The Balaban J connectivity index is 1.40. The fourth-order valence-corrected chi connectivity index (χ4v) is 5.44. The summed E-state index contributed by atoms with van der Waals surface area (Å²) in [6.07, 6.45) is 3.09. The fraction of sp³-hybridized carbons (Fsp3) is 0.400. The van der Waals surface area contributed by atoms with E-state index in [-0.39, 0.29) is 18.0 Å². The molecule has 1 aromatic carbocycles. The van der Waals surface area contributed by atoms with Crippen molar-refractivity contribution in [1.29, 1.82) is 0 Å². The van der Waals surface area contributed by atoms with Crippen molar-refractivity contribution in [3.05, 3.63) is 51.7 Å². The number of nitrogens with zero attached hydrogens (tertiary/aromatic N) is 2. The Morgan fingerprint density at radius 1 is 1.35 bits per heavy atom. The molecule has 26 heavy (non-hydrogen) atoms. The number of aromatic nitrogens is 1. The maximum Gasteiger partial charge on any atom is 0.237 e. The van der Waals surface area contributed by atoms with Gasteiger partial charge >= 0.3 is 0 Å². The van der Waals surface area contributed by atoms with E-state index in [1.165, 1.54) is 9.58 Å². The molecule has 136 valence electrons. The third-order valence-electron chi connectivity index (χ3n) is 5.02. The number of para-hydroxylation sites is 1. The number of nitrogens with one attached hydrogen (secondary N) is 1. The van der Waals surface area contributed by atoms with E-state index in [0.29, 0.717) is 6.54 Å². The Hall–Kier alpha value is -1.76. The first-order valence-corrected chi connectivity index (χ1v) is 10.8. The highest BCUT2D eigenvalue weighted by atomic mass is 32.1. The van der Waals surface area contributed by atoms with Gasteiger partial charge in [-0.15, -0.1) is 22.7 Å². The summed E-state index contributed by atoms with van der Waals surface area (Å²) in [5, 5.41) is 6.32. The average Bonchev–Trinajstić information content (AvgIpc) is 3.39. The normalized spacial score (nSPS) is 19.0. The van der Waals surface area contributed by atoms with E-state index in [0.717, 1.165) is 36.3 Å². The number of benzene rings is 1. The minimum atomic E-state index is -0.127. The van der Waals surface area contributed by atoms with Crippen LogP contribution in [0.5, 0.6) is 0 Å². The highest BCUT2D eigenvalue weighted by molar-refractivity contribution is 7.18. The molecule has 3 heterocycles. The van der Waals surface area contributed by atoms with Crippen LogP contribution in [0.15, 0.2) is 41.8 Å². The minimum Gasteiger partial charge on any atom is -0.354 e. The number of thiophene rings is 1. The fourth-order valence-electron chi connectivity index (χ4n) is 3.61. The van der Waals surface area contributed by atoms with Crippen LogP contribution in [-0.4, -0.2) is 34.9 Å². The van der Waals surface area contributed by atoms with Crippen molar-refractivity contribution in [2.24, 2.45) is 0 Å². The highest BCUT2D eigenvalue weighted by Gasteiger charge is 2.34. The molecule has 0 saturated carbocycles. The van der Waals surface area contributed by atoms with Gasteiger partial charge in [-0.2, -0.15) is 0 Å². The number of fused-ring (bicyclic) bond motifs is 1. The number of hydrogen-bond acceptors (Lipinski definition) is 5. The van der Waals surface area contributed by atoms with Crippen molar-refractivity contribution < 1.29 is 4.79 Å². The van der Waals surface area contributed by atoms with Crippen molar-refractivity contribution in [1.82, 2.24) is 15.2 Å². The Labute approximate surface area is 161 Å². The lowest BCUT2D eigenvalue weighted by molar-refractivity contribution is -0.126. The topological polar surface area (TPSA) is 45.2 Å². The number of carbonyl (C=O) groups excluding carboxylic acids is 1. The molecule has 3 aromatic rings. The van der Waals surface area contributed by atoms with Crippen molar-refractivity contribution in [3.8, 4) is 0 Å². The third-order valence-corrected chi connectivity index (χ3v) is 7.09. The summed E-state index contributed by atoms with van der Waals surface area (Å²) in [7, 11) is 0. The van der Waals surface area contributed by atoms with Gasteiger partial charge in [0.1, 0.15) is 5.01 Å². The molecule has 2 unspecified atom stereocenters. The average molecular weight is 386 g/mol. The van der Waals surface area contributed by atoms with E-state index in [2.05, 4.69) is 45.9 Å². The third kappa shape index (κ3) is 3.68. The molecule has 0 aliphatic carbocycles. The van der Waals surface area contributed by atoms with Crippen LogP contribution in [0.4, 0.5) is 0 Å². The molecule has 6 heteroatoms. The SMILES string of the molecule is CC(C(=O)NCCc1cccs1)N1CCCC1c1nc2ccccc2s1. The number of amides is 1. The maximum absolute atomic E-state index is 12.6. The van der Waals surface area contributed by atoms with Crippen LogP contribution in [0.2, 0.25) is 0 Å². The second kappa shape index (κ2) is 7.86. The molecule has 0 radical (unpaired) electrons. The Morgan fingerprint density at radius 3 is 3.04 bits per heavy atom. The smallest absolute Gasteiger partial charge is 0.237 e. The van der Waals surface area contributed by atoms with Gasteiger partial charge in [0.2, 0.25) is 5.91 Å². The predicted octanol–water partition coefficient (Wildman–Crippen LogP) is 4.24. The van der Waals surface area contributed by atoms with Crippen LogP contribution in [0.3, 0.4) is 0 Å². The van der Waals surface area contributed by atoms with Crippen LogP contribution in [0.25, 0.3) is 10.2 Å². The van der Waals surface area contributed by atoms with Crippen LogP contribution < -0.4 is 5.32 Å². The van der Waals surface area contributed by atoms with Gasteiger partial charge < -0.3 is 5.32 Å². The van der Waals surface area contributed by atoms with E-state index in [1.54, 1.807) is 22.7 Å². The number of thiazole rings is 1. The van der Waals surface area contributed by atoms with Crippen molar-refractivity contribution in [3.63, 3.8) is 0 Å². The molecular weight excluding hydrogens is 362 g/mol. The van der Waals surface area contributed by atoms with Gasteiger partial charge in [0.15, 0.2) is 0 Å². The van der Waals surface area contributed by atoms with Crippen LogP contribution >= 0.6 is 22.7 Å². The van der Waals surface area contributed by atoms with Gasteiger partial charge in [0.25, 0.3) is 0 Å². The molecule has 1 amide bonds. The summed E-state index contributed by atoms with van der Waals surface area (Å²) < 4.78 is 1.22. The van der Waals surface area contributed by atoms with Gasteiger partial charge in [-0.3, -0.25) is 9.69 Å². The molecule has 2 atom stereocenters. The zero-order valence-electron chi connectivity index (χ0n) is 14.9. The zero-order chi connectivity index (χ0) is 17.9. The first kappa shape index (κ1) is 17.6. The summed E-state index contributed by atoms with van der Waals surface area (Å²) in [6, 6.07) is 12.6. The standard InChI is InChI=1S/C20H23N3OS2/c1-14(19(24)21-11-10-15-6-5-13-25-15)23-12-4-8-17(23)20-22-16-7-2-3-9-18(16)26-20/h2-3,5-7,9,13-14,17H,4,8,10-12H2,1H3,(H,21,24). The van der Waals surface area contributed by atoms with Gasteiger partial charge in [0.05, 0.1) is 22.3 Å². The summed E-state index contributed by atoms with van der Waals surface area (Å²) in [5.41, 5.74) is 1.06. The molecule has 4 rings (SSSR count). The van der Waals surface area contributed by atoms with Crippen molar-refractivity contribution in [2.45, 2.75) is 38.3 Å². The van der Waals surface area contributed by atoms with Crippen LogP contribution in [0, 0.1) is 0 Å². The molecule has 2 aromatic heterocycles. The molecule has 0 spiro atoms.